The fraction of sp³-hybridized carbons (Fsp3) is 0.350. The SMILES string of the molecule is CN(C)CCCN(Cc1ccc(Cl)c(Cl)c1)C(=O)c1cccc(NS(C)(=O)=O)c1. The summed E-state index contributed by atoms with van der Waals surface area (Å²) in [6, 6.07) is 11.8. The molecule has 0 fully saturated rings. The maximum absolute atomic E-state index is 13.2. The van der Waals surface area contributed by atoms with E-state index in [0.29, 0.717) is 34.4 Å². The quantitative estimate of drug-likeness (QED) is 0.618. The number of hydrogen-bond acceptors (Lipinski definition) is 4. The Morgan fingerprint density at radius 3 is 2.38 bits per heavy atom. The minimum absolute atomic E-state index is 0.188. The van der Waals surface area contributed by atoms with Gasteiger partial charge in [0.1, 0.15) is 0 Å². The molecule has 0 radical (unpaired) electrons. The summed E-state index contributed by atoms with van der Waals surface area (Å²) in [5.74, 6) is -0.188. The van der Waals surface area contributed by atoms with Gasteiger partial charge in [-0.05, 0) is 63.0 Å². The predicted molar refractivity (Wildman–Crippen MR) is 119 cm³/mol. The first kappa shape index (κ1) is 23.5. The Morgan fingerprint density at radius 2 is 1.76 bits per heavy atom. The number of amides is 1. The van der Waals surface area contributed by atoms with Crippen LogP contribution >= 0.6 is 23.2 Å². The van der Waals surface area contributed by atoms with Gasteiger partial charge in [0.15, 0.2) is 0 Å². The molecule has 0 saturated heterocycles. The average molecular weight is 458 g/mol. The largest absolute Gasteiger partial charge is 0.334 e. The molecule has 1 amide bonds. The van der Waals surface area contributed by atoms with E-state index in [4.69, 9.17) is 23.2 Å². The molecule has 0 heterocycles. The third-order valence-electron chi connectivity index (χ3n) is 4.09. The van der Waals surface area contributed by atoms with Crippen molar-refractivity contribution in [3.05, 3.63) is 63.6 Å². The van der Waals surface area contributed by atoms with Crippen LogP contribution in [0, 0.1) is 0 Å². The van der Waals surface area contributed by atoms with Crippen LogP contribution in [-0.4, -0.2) is 57.6 Å². The van der Waals surface area contributed by atoms with Gasteiger partial charge in [0.25, 0.3) is 5.91 Å². The minimum Gasteiger partial charge on any atom is -0.334 e. The molecule has 1 N–H and O–H groups in total. The molecule has 0 saturated carbocycles. The molecular formula is C20H25Cl2N3O3S. The third-order valence-corrected chi connectivity index (χ3v) is 5.44. The topological polar surface area (TPSA) is 69.7 Å². The highest BCUT2D eigenvalue weighted by atomic mass is 35.5. The van der Waals surface area contributed by atoms with E-state index in [1.54, 1.807) is 35.2 Å². The van der Waals surface area contributed by atoms with Gasteiger partial charge in [-0.25, -0.2) is 8.42 Å². The molecule has 29 heavy (non-hydrogen) atoms. The molecule has 0 aliphatic heterocycles. The number of rotatable bonds is 9. The summed E-state index contributed by atoms with van der Waals surface area (Å²) in [5.41, 5.74) is 1.62. The molecule has 2 aromatic carbocycles. The van der Waals surface area contributed by atoms with E-state index in [0.717, 1.165) is 24.8 Å². The van der Waals surface area contributed by atoms with Gasteiger partial charge in [-0.2, -0.15) is 0 Å². The summed E-state index contributed by atoms with van der Waals surface area (Å²) in [6.45, 7) is 1.74. The second-order valence-corrected chi connectivity index (χ2v) is 9.65. The highest BCUT2D eigenvalue weighted by Gasteiger charge is 2.17. The zero-order valence-corrected chi connectivity index (χ0v) is 19.0. The smallest absolute Gasteiger partial charge is 0.254 e. The molecule has 0 unspecified atom stereocenters. The second-order valence-electron chi connectivity index (χ2n) is 7.09. The van der Waals surface area contributed by atoms with Crippen LogP contribution in [0.3, 0.4) is 0 Å². The molecule has 158 valence electrons. The minimum atomic E-state index is -3.43. The molecule has 2 aromatic rings. The molecular weight excluding hydrogens is 433 g/mol. The van der Waals surface area contributed by atoms with E-state index in [9.17, 15) is 13.2 Å². The van der Waals surface area contributed by atoms with Crippen LogP contribution in [0.2, 0.25) is 10.0 Å². The number of sulfonamides is 1. The number of halogens is 2. The first-order valence-corrected chi connectivity index (χ1v) is 11.7. The van der Waals surface area contributed by atoms with Gasteiger partial charge in [-0.15, -0.1) is 0 Å². The second kappa shape index (κ2) is 10.3. The van der Waals surface area contributed by atoms with Gasteiger partial charge in [0, 0.05) is 24.3 Å². The number of nitrogens with one attached hydrogen (secondary N) is 1. The summed E-state index contributed by atoms with van der Waals surface area (Å²) < 4.78 is 25.4. The Labute approximate surface area is 182 Å². The van der Waals surface area contributed by atoms with Crippen molar-refractivity contribution >= 4 is 44.8 Å². The lowest BCUT2D eigenvalue weighted by atomic mass is 10.1. The Morgan fingerprint density at radius 1 is 1.03 bits per heavy atom. The van der Waals surface area contributed by atoms with Crippen molar-refractivity contribution < 1.29 is 13.2 Å². The highest BCUT2D eigenvalue weighted by Crippen LogP contribution is 2.24. The fourth-order valence-corrected chi connectivity index (χ4v) is 3.68. The van der Waals surface area contributed by atoms with E-state index in [1.807, 2.05) is 20.2 Å². The third kappa shape index (κ3) is 7.85. The summed E-state index contributed by atoms with van der Waals surface area (Å²) in [5, 5.41) is 0.893. The molecule has 0 spiro atoms. The van der Waals surface area contributed by atoms with Crippen LogP contribution in [0.1, 0.15) is 22.3 Å². The number of anilines is 1. The van der Waals surface area contributed by atoms with Gasteiger partial charge in [-0.1, -0.05) is 35.3 Å². The molecule has 0 aromatic heterocycles. The van der Waals surface area contributed by atoms with Crippen LogP contribution in [0.25, 0.3) is 0 Å². The summed E-state index contributed by atoms with van der Waals surface area (Å²) in [6.07, 6.45) is 1.86. The monoisotopic (exact) mass is 457 g/mol. The number of nitrogens with zero attached hydrogens (tertiary/aromatic N) is 2. The molecule has 0 aliphatic rings. The molecule has 2 rings (SSSR count). The van der Waals surface area contributed by atoms with Crippen molar-refractivity contribution in [3.8, 4) is 0 Å². The number of hydrogen-bond donors (Lipinski definition) is 1. The zero-order valence-electron chi connectivity index (χ0n) is 16.7. The molecule has 9 heteroatoms. The normalized spacial score (nSPS) is 11.5. The molecule has 6 nitrogen and oxygen atoms in total. The van der Waals surface area contributed by atoms with E-state index in [-0.39, 0.29) is 5.91 Å². The number of benzene rings is 2. The lowest BCUT2D eigenvalue weighted by Gasteiger charge is -2.24. The maximum Gasteiger partial charge on any atom is 0.254 e. The summed E-state index contributed by atoms with van der Waals surface area (Å²) in [4.78, 5) is 16.9. The van der Waals surface area contributed by atoms with Crippen molar-refractivity contribution in [1.29, 1.82) is 0 Å². The standard InChI is InChI=1S/C20H25Cl2N3O3S/c1-24(2)10-5-11-25(14-15-8-9-18(21)19(22)12-15)20(26)16-6-4-7-17(13-16)23-29(3,27)28/h4,6-9,12-13,23H,5,10-11,14H2,1-3H3. The van der Waals surface area contributed by atoms with Gasteiger partial charge < -0.3 is 9.80 Å². The lowest BCUT2D eigenvalue weighted by Crippen LogP contribution is -2.33. The summed E-state index contributed by atoms with van der Waals surface area (Å²) >= 11 is 12.1. The van der Waals surface area contributed by atoms with Gasteiger partial charge >= 0.3 is 0 Å². The van der Waals surface area contributed by atoms with Gasteiger partial charge in [0.05, 0.1) is 16.3 Å². The Balaban J connectivity index is 2.25. The Kier molecular flexibility index (Phi) is 8.34. The number of carbonyl (C=O) groups is 1. The van der Waals surface area contributed by atoms with Crippen LogP contribution in [0.5, 0.6) is 0 Å². The summed E-state index contributed by atoms with van der Waals surface area (Å²) in [7, 11) is 0.527. The fourth-order valence-electron chi connectivity index (χ4n) is 2.80. The Hall–Kier alpha value is -1.80. The first-order chi connectivity index (χ1) is 13.5. The van der Waals surface area contributed by atoms with Crippen LogP contribution in [-0.2, 0) is 16.6 Å². The van der Waals surface area contributed by atoms with Crippen molar-refractivity contribution in [2.75, 3.05) is 38.2 Å². The first-order valence-electron chi connectivity index (χ1n) is 9.01. The van der Waals surface area contributed by atoms with Crippen molar-refractivity contribution in [2.24, 2.45) is 0 Å². The van der Waals surface area contributed by atoms with E-state index in [2.05, 4.69) is 9.62 Å². The van der Waals surface area contributed by atoms with E-state index >= 15 is 0 Å². The van der Waals surface area contributed by atoms with Crippen molar-refractivity contribution in [3.63, 3.8) is 0 Å². The van der Waals surface area contributed by atoms with E-state index < -0.39 is 10.0 Å². The lowest BCUT2D eigenvalue weighted by molar-refractivity contribution is 0.0737. The zero-order chi connectivity index (χ0) is 21.6. The predicted octanol–water partition coefficient (Wildman–Crippen LogP) is 3.96. The molecule has 0 atom stereocenters. The van der Waals surface area contributed by atoms with Gasteiger partial charge in [0.2, 0.25) is 10.0 Å². The molecule has 0 aliphatic carbocycles. The highest BCUT2D eigenvalue weighted by molar-refractivity contribution is 7.92. The van der Waals surface area contributed by atoms with Crippen LogP contribution in [0.15, 0.2) is 42.5 Å². The van der Waals surface area contributed by atoms with Gasteiger partial charge in [-0.3, -0.25) is 9.52 Å². The average Bonchev–Trinajstić information content (AvgIpc) is 2.62. The van der Waals surface area contributed by atoms with Crippen molar-refractivity contribution in [1.82, 2.24) is 9.80 Å². The Bertz CT molecular complexity index is 965. The van der Waals surface area contributed by atoms with Crippen molar-refractivity contribution in [2.45, 2.75) is 13.0 Å². The number of carbonyl (C=O) groups excluding carboxylic acids is 1. The maximum atomic E-state index is 13.2. The molecule has 0 bridgehead atoms. The van der Waals surface area contributed by atoms with E-state index in [1.165, 1.54) is 6.07 Å². The van der Waals surface area contributed by atoms with Crippen LogP contribution < -0.4 is 4.72 Å². The van der Waals surface area contributed by atoms with Crippen LogP contribution in [0.4, 0.5) is 5.69 Å².